The minimum absolute atomic E-state index is 0.500. The molecule has 21 heavy (non-hydrogen) atoms. The number of hydrogen-bond acceptors (Lipinski definition) is 4. The van der Waals surface area contributed by atoms with Crippen molar-refractivity contribution in [2.24, 2.45) is 7.05 Å². The molecule has 4 rings (SSSR count). The second-order valence-electron chi connectivity index (χ2n) is 4.82. The SMILES string of the molecule is Cn1cc(-c2nnc(-c3ccncc3)o2)c2ccccc21. The summed E-state index contributed by atoms with van der Waals surface area (Å²) in [6.45, 7) is 0. The third kappa shape index (κ3) is 1.90. The number of nitrogens with zero attached hydrogens (tertiary/aromatic N) is 4. The quantitative estimate of drug-likeness (QED) is 0.563. The van der Waals surface area contributed by atoms with Crippen molar-refractivity contribution in [3.8, 4) is 22.9 Å². The van der Waals surface area contributed by atoms with E-state index in [4.69, 9.17) is 4.42 Å². The Morgan fingerprint density at radius 1 is 0.952 bits per heavy atom. The van der Waals surface area contributed by atoms with Gasteiger partial charge in [-0.25, -0.2) is 0 Å². The van der Waals surface area contributed by atoms with Crippen molar-refractivity contribution in [2.75, 3.05) is 0 Å². The first-order valence-electron chi connectivity index (χ1n) is 6.61. The average molecular weight is 276 g/mol. The normalized spacial score (nSPS) is 11.1. The van der Waals surface area contributed by atoms with Crippen LogP contribution in [-0.4, -0.2) is 19.7 Å². The lowest BCUT2D eigenvalue weighted by molar-refractivity contribution is 0.585. The number of fused-ring (bicyclic) bond motifs is 1. The molecule has 0 saturated carbocycles. The van der Waals surface area contributed by atoms with Crippen molar-refractivity contribution in [1.29, 1.82) is 0 Å². The summed E-state index contributed by atoms with van der Waals surface area (Å²) in [6, 6.07) is 11.8. The number of para-hydroxylation sites is 1. The molecular weight excluding hydrogens is 264 g/mol. The molecule has 102 valence electrons. The second kappa shape index (κ2) is 4.56. The molecule has 5 nitrogen and oxygen atoms in total. The van der Waals surface area contributed by atoms with Gasteiger partial charge in [0, 0.05) is 42.1 Å². The molecule has 0 N–H and O–H groups in total. The van der Waals surface area contributed by atoms with E-state index in [2.05, 4.69) is 31.9 Å². The van der Waals surface area contributed by atoms with Crippen LogP contribution in [-0.2, 0) is 7.05 Å². The number of benzene rings is 1. The highest BCUT2D eigenvalue weighted by Gasteiger charge is 2.15. The summed E-state index contributed by atoms with van der Waals surface area (Å²) in [5.41, 5.74) is 2.95. The Morgan fingerprint density at radius 2 is 1.71 bits per heavy atom. The molecule has 1 aromatic carbocycles. The van der Waals surface area contributed by atoms with Crippen molar-refractivity contribution >= 4 is 10.9 Å². The summed E-state index contributed by atoms with van der Waals surface area (Å²) >= 11 is 0. The van der Waals surface area contributed by atoms with E-state index in [1.165, 1.54) is 0 Å². The number of aryl methyl sites for hydroxylation is 1. The fourth-order valence-electron chi connectivity index (χ4n) is 2.46. The highest BCUT2D eigenvalue weighted by atomic mass is 16.4. The molecule has 0 aliphatic carbocycles. The van der Waals surface area contributed by atoms with Gasteiger partial charge >= 0.3 is 0 Å². The molecule has 3 heterocycles. The molecule has 0 spiro atoms. The molecule has 0 fully saturated rings. The smallest absolute Gasteiger partial charge is 0.250 e. The molecule has 0 saturated heterocycles. The van der Waals surface area contributed by atoms with Gasteiger partial charge in [0.15, 0.2) is 0 Å². The first-order valence-corrected chi connectivity index (χ1v) is 6.61. The number of rotatable bonds is 2. The average Bonchev–Trinajstić information content (AvgIpc) is 3.14. The summed E-state index contributed by atoms with van der Waals surface area (Å²) in [6.07, 6.45) is 5.42. The number of hydrogen-bond donors (Lipinski definition) is 0. The highest BCUT2D eigenvalue weighted by Crippen LogP contribution is 2.30. The molecule has 0 radical (unpaired) electrons. The van der Waals surface area contributed by atoms with Gasteiger partial charge in [-0.1, -0.05) is 18.2 Å². The Labute approximate surface area is 120 Å². The Balaban J connectivity index is 1.85. The van der Waals surface area contributed by atoms with E-state index in [9.17, 15) is 0 Å². The maximum absolute atomic E-state index is 5.81. The van der Waals surface area contributed by atoms with Crippen molar-refractivity contribution in [3.63, 3.8) is 0 Å². The Kier molecular flexibility index (Phi) is 2.57. The first kappa shape index (κ1) is 11.8. The lowest BCUT2D eigenvalue weighted by Crippen LogP contribution is -1.81. The predicted octanol–water partition coefficient (Wildman–Crippen LogP) is 3.29. The van der Waals surface area contributed by atoms with Gasteiger partial charge in [0.05, 0.1) is 5.56 Å². The van der Waals surface area contributed by atoms with Crippen LogP contribution >= 0.6 is 0 Å². The number of aromatic nitrogens is 4. The van der Waals surface area contributed by atoms with E-state index in [-0.39, 0.29) is 0 Å². The van der Waals surface area contributed by atoms with E-state index >= 15 is 0 Å². The van der Waals surface area contributed by atoms with Gasteiger partial charge in [-0.15, -0.1) is 10.2 Å². The molecule has 0 atom stereocenters. The molecule has 3 aromatic heterocycles. The van der Waals surface area contributed by atoms with Crippen LogP contribution < -0.4 is 0 Å². The van der Waals surface area contributed by atoms with E-state index in [0.717, 1.165) is 22.0 Å². The van der Waals surface area contributed by atoms with Gasteiger partial charge in [-0.05, 0) is 18.2 Å². The zero-order valence-electron chi connectivity index (χ0n) is 11.4. The van der Waals surface area contributed by atoms with E-state index in [1.807, 2.05) is 37.5 Å². The van der Waals surface area contributed by atoms with Crippen LogP contribution in [0.15, 0.2) is 59.4 Å². The predicted molar refractivity (Wildman–Crippen MR) is 79.4 cm³/mol. The molecule has 5 heteroatoms. The lowest BCUT2D eigenvalue weighted by atomic mass is 10.2. The van der Waals surface area contributed by atoms with Crippen LogP contribution in [0.3, 0.4) is 0 Å². The zero-order chi connectivity index (χ0) is 14.2. The van der Waals surface area contributed by atoms with Gasteiger partial charge in [0.25, 0.3) is 0 Å². The minimum atomic E-state index is 0.500. The van der Waals surface area contributed by atoms with Gasteiger partial charge < -0.3 is 8.98 Å². The van der Waals surface area contributed by atoms with Crippen LogP contribution in [0.5, 0.6) is 0 Å². The molecule has 4 aromatic rings. The largest absolute Gasteiger partial charge is 0.416 e. The van der Waals surface area contributed by atoms with Gasteiger partial charge in [-0.2, -0.15) is 0 Å². The first-order chi connectivity index (χ1) is 10.3. The maximum atomic E-state index is 5.81. The van der Waals surface area contributed by atoms with Crippen molar-refractivity contribution < 1.29 is 4.42 Å². The third-order valence-corrected chi connectivity index (χ3v) is 3.48. The fourth-order valence-corrected chi connectivity index (χ4v) is 2.46. The number of pyridine rings is 1. The maximum Gasteiger partial charge on any atom is 0.250 e. The van der Waals surface area contributed by atoms with Crippen LogP contribution in [0.4, 0.5) is 0 Å². The van der Waals surface area contributed by atoms with Gasteiger partial charge in [0.1, 0.15) is 0 Å². The molecule has 0 aliphatic heterocycles. The molecule has 0 bridgehead atoms. The summed E-state index contributed by atoms with van der Waals surface area (Å²) in [5.74, 6) is 1.03. The van der Waals surface area contributed by atoms with E-state index < -0.39 is 0 Å². The van der Waals surface area contributed by atoms with Crippen LogP contribution in [0.2, 0.25) is 0 Å². The van der Waals surface area contributed by atoms with Crippen LogP contribution in [0.25, 0.3) is 33.8 Å². The summed E-state index contributed by atoms with van der Waals surface area (Å²) in [4.78, 5) is 3.99. The molecular formula is C16H12N4O. The lowest BCUT2D eigenvalue weighted by Gasteiger charge is -1.93. The van der Waals surface area contributed by atoms with E-state index in [1.54, 1.807) is 12.4 Å². The Morgan fingerprint density at radius 3 is 2.57 bits per heavy atom. The van der Waals surface area contributed by atoms with Crippen molar-refractivity contribution in [3.05, 3.63) is 55.0 Å². The topological polar surface area (TPSA) is 56.7 Å². The summed E-state index contributed by atoms with van der Waals surface area (Å²) in [5, 5.41) is 9.40. The van der Waals surface area contributed by atoms with Crippen molar-refractivity contribution in [2.45, 2.75) is 0 Å². The molecule has 0 aliphatic rings. The second-order valence-corrected chi connectivity index (χ2v) is 4.82. The Hall–Kier alpha value is -2.95. The minimum Gasteiger partial charge on any atom is -0.416 e. The van der Waals surface area contributed by atoms with Gasteiger partial charge in [0.2, 0.25) is 11.8 Å². The molecule has 0 amide bonds. The monoisotopic (exact) mass is 276 g/mol. The van der Waals surface area contributed by atoms with Crippen molar-refractivity contribution in [1.82, 2.24) is 19.7 Å². The Bertz CT molecular complexity index is 908. The highest BCUT2D eigenvalue weighted by molar-refractivity contribution is 5.93. The van der Waals surface area contributed by atoms with Crippen LogP contribution in [0.1, 0.15) is 0 Å². The third-order valence-electron chi connectivity index (χ3n) is 3.48. The zero-order valence-corrected chi connectivity index (χ0v) is 11.4. The summed E-state index contributed by atoms with van der Waals surface area (Å²) in [7, 11) is 2.01. The van der Waals surface area contributed by atoms with E-state index in [0.29, 0.717) is 11.8 Å². The van der Waals surface area contributed by atoms with Crippen LogP contribution in [0, 0.1) is 0 Å². The molecule has 0 unspecified atom stereocenters. The standard InChI is InChI=1S/C16H12N4O/c1-20-10-13(12-4-2-3-5-14(12)20)16-19-18-15(21-16)11-6-8-17-9-7-11/h2-10H,1H3. The van der Waals surface area contributed by atoms with Gasteiger partial charge in [-0.3, -0.25) is 4.98 Å². The fraction of sp³-hybridized carbons (Fsp3) is 0.0625. The summed E-state index contributed by atoms with van der Waals surface area (Å²) < 4.78 is 7.87.